The molecule has 0 spiro atoms. The van der Waals surface area contributed by atoms with Crippen LogP contribution in [0, 0.1) is 0 Å². The second-order valence-electron chi connectivity index (χ2n) is 6.40. The lowest BCUT2D eigenvalue weighted by Gasteiger charge is -2.12. The Morgan fingerprint density at radius 2 is 1.79 bits per heavy atom. The van der Waals surface area contributed by atoms with Crippen molar-refractivity contribution < 1.29 is 4.79 Å². The first-order valence-electron chi connectivity index (χ1n) is 8.54. The molecule has 0 saturated heterocycles. The summed E-state index contributed by atoms with van der Waals surface area (Å²) in [7, 11) is 0. The maximum atomic E-state index is 12.8. The Morgan fingerprint density at radius 3 is 2.58 bits per heavy atom. The zero-order valence-electron chi connectivity index (χ0n) is 13.5. The lowest BCUT2D eigenvalue weighted by molar-refractivity contribution is 0.104. The molecule has 1 aromatic carbocycles. The molecule has 4 heteroatoms. The molecule has 2 heterocycles. The van der Waals surface area contributed by atoms with Crippen molar-refractivity contribution in [1.82, 2.24) is 4.98 Å². The van der Waals surface area contributed by atoms with Crippen LogP contribution in [0.5, 0.6) is 0 Å². The highest BCUT2D eigenvalue weighted by Crippen LogP contribution is 2.36. The predicted octanol–water partition coefficient (Wildman–Crippen LogP) is 4.77. The summed E-state index contributed by atoms with van der Waals surface area (Å²) in [5, 5.41) is 0.943. The first kappa shape index (κ1) is 15.3. The standard InChI is InChI=1S/C20H20N2OS/c21-17-15-12-14-10-4-1-2-7-11-16(14)22-20(15)24-19(17)18(23)13-8-5-3-6-9-13/h3,5-6,8-9,12H,1-2,4,7,10-11,21H2. The van der Waals surface area contributed by atoms with Crippen LogP contribution in [0.3, 0.4) is 0 Å². The summed E-state index contributed by atoms with van der Waals surface area (Å²) in [6.45, 7) is 0. The number of ketones is 1. The van der Waals surface area contributed by atoms with Gasteiger partial charge in [0.2, 0.25) is 5.78 Å². The lowest BCUT2D eigenvalue weighted by atomic mass is 9.96. The van der Waals surface area contributed by atoms with E-state index in [-0.39, 0.29) is 5.78 Å². The summed E-state index contributed by atoms with van der Waals surface area (Å²) >= 11 is 1.43. The van der Waals surface area contributed by atoms with Gasteiger partial charge < -0.3 is 5.73 Å². The van der Waals surface area contributed by atoms with Gasteiger partial charge in [-0.05, 0) is 37.3 Å². The number of benzene rings is 1. The molecule has 122 valence electrons. The van der Waals surface area contributed by atoms with Crippen LogP contribution in [0.25, 0.3) is 10.2 Å². The van der Waals surface area contributed by atoms with Crippen LogP contribution < -0.4 is 5.73 Å². The maximum Gasteiger partial charge on any atom is 0.205 e. The van der Waals surface area contributed by atoms with Gasteiger partial charge in [0.25, 0.3) is 0 Å². The smallest absolute Gasteiger partial charge is 0.205 e. The highest BCUT2D eigenvalue weighted by Gasteiger charge is 2.20. The highest BCUT2D eigenvalue weighted by atomic mass is 32.1. The molecule has 3 aromatic rings. The normalized spacial score (nSPS) is 14.8. The summed E-state index contributed by atoms with van der Waals surface area (Å²) in [4.78, 5) is 19.1. The van der Waals surface area contributed by atoms with E-state index in [2.05, 4.69) is 6.07 Å². The van der Waals surface area contributed by atoms with E-state index in [1.165, 1.54) is 48.3 Å². The molecule has 2 N–H and O–H groups in total. The molecule has 0 radical (unpaired) electrons. The number of rotatable bonds is 2. The number of pyridine rings is 1. The zero-order valence-corrected chi connectivity index (χ0v) is 14.4. The third kappa shape index (κ3) is 2.71. The number of aryl methyl sites for hydroxylation is 2. The minimum Gasteiger partial charge on any atom is -0.397 e. The number of carbonyl (C=O) groups excluding carboxylic acids is 1. The van der Waals surface area contributed by atoms with Gasteiger partial charge in [0.15, 0.2) is 0 Å². The number of anilines is 1. The Hall–Kier alpha value is -2.20. The van der Waals surface area contributed by atoms with Gasteiger partial charge in [-0.3, -0.25) is 4.79 Å². The molecule has 0 fully saturated rings. The van der Waals surface area contributed by atoms with Crippen molar-refractivity contribution >= 4 is 33.0 Å². The van der Waals surface area contributed by atoms with Gasteiger partial charge >= 0.3 is 0 Å². The largest absolute Gasteiger partial charge is 0.397 e. The third-order valence-electron chi connectivity index (χ3n) is 4.74. The Kier molecular flexibility index (Phi) is 4.07. The molecule has 0 amide bonds. The molecule has 0 atom stereocenters. The molecule has 0 unspecified atom stereocenters. The SMILES string of the molecule is Nc1c(C(=O)c2ccccc2)sc2nc3c(cc12)CCCCCC3. The van der Waals surface area contributed by atoms with E-state index >= 15 is 0 Å². The number of thiophene rings is 1. The molecule has 4 rings (SSSR count). The topological polar surface area (TPSA) is 56.0 Å². The van der Waals surface area contributed by atoms with Crippen molar-refractivity contribution in [2.24, 2.45) is 0 Å². The molecule has 24 heavy (non-hydrogen) atoms. The van der Waals surface area contributed by atoms with Gasteiger partial charge in [0.1, 0.15) is 9.71 Å². The molecule has 1 aliphatic rings. The highest BCUT2D eigenvalue weighted by molar-refractivity contribution is 7.21. The third-order valence-corrected chi connectivity index (χ3v) is 5.86. The minimum atomic E-state index is -0.0106. The molecule has 0 bridgehead atoms. The number of carbonyl (C=O) groups is 1. The van der Waals surface area contributed by atoms with Gasteiger partial charge in [0, 0.05) is 16.6 Å². The lowest BCUT2D eigenvalue weighted by Crippen LogP contribution is -2.03. The fourth-order valence-electron chi connectivity index (χ4n) is 3.40. The average molecular weight is 336 g/mol. The van der Waals surface area contributed by atoms with Crippen LogP contribution >= 0.6 is 11.3 Å². The summed E-state index contributed by atoms with van der Waals surface area (Å²) in [5.41, 5.74) is 10.1. The van der Waals surface area contributed by atoms with Crippen LogP contribution in [0.2, 0.25) is 0 Å². The zero-order chi connectivity index (χ0) is 16.5. The van der Waals surface area contributed by atoms with E-state index in [1.54, 1.807) is 0 Å². The number of nitrogen functional groups attached to an aromatic ring is 1. The number of nitrogens with two attached hydrogens (primary N) is 1. The second-order valence-corrected chi connectivity index (χ2v) is 7.40. The van der Waals surface area contributed by atoms with E-state index in [1.807, 2.05) is 30.3 Å². The summed E-state index contributed by atoms with van der Waals surface area (Å²) < 4.78 is 0. The molecular formula is C20H20N2OS. The van der Waals surface area contributed by atoms with Crippen LogP contribution in [0.1, 0.15) is 52.2 Å². The number of aromatic nitrogens is 1. The van der Waals surface area contributed by atoms with Crippen molar-refractivity contribution in [2.75, 3.05) is 5.73 Å². The van der Waals surface area contributed by atoms with Gasteiger partial charge in [-0.1, -0.05) is 43.2 Å². The number of fused-ring (bicyclic) bond motifs is 2. The fraction of sp³-hybridized carbons (Fsp3) is 0.300. The van der Waals surface area contributed by atoms with Crippen molar-refractivity contribution in [2.45, 2.75) is 38.5 Å². The first-order chi connectivity index (χ1) is 11.7. The van der Waals surface area contributed by atoms with Crippen LogP contribution in [-0.2, 0) is 12.8 Å². The number of hydrogen-bond acceptors (Lipinski definition) is 4. The summed E-state index contributed by atoms with van der Waals surface area (Å²) in [5.74, 6) is -0.0106. The van der Waals surface area contributed by atoms with E-state index < -0.39 is 0 Å². The Bertz CT molecular complexity index is 899. The molecule has 0 aliphatic heterocycles. The van der Waals surface area contributed by atoms with E-state index in [9.17, 15) is 4.79 Å². The van der Waals surface area contributed by atoms with E-state index in [4.69, 9.17) is 10.7 Å². The molecule has 2 aromatic heterocycles. The fourth-order valence-corrected chi connectivity index (χ4v) is 4.46. The minimum absolute atomic E-state index is 0.0106. The molecule has 1 aliphatic carbocycles. The Morgan fingerprint density at radius 1 is 1.04 bits per heavy atom. The first-order valence-corrected chi connectivity index (χ1v) is 9.36. The van der Waals surface area contributed by atoms with Gasteiger partial charge in [-0.2, -0.15) is 0 Å². The van der Waals surface area contributed by atoms with E-state index in [0.717, 1.165) is 23.1 Å². The molecule has 3 nitrogen and oxygen atoms in total. The predicted molar refractivity (Wildman–Crippen MR) is 99.8 cm³/mol. The van der Waals surface area contributed by atoms with Crippen molar-refractivity contribution in [3.63, 3.8) is 0 Å². The molecule has 0 saturated carbocycles. The number of nitrogens with zero attached hydrogens (tertiary/aromatic N) is 1. The number of hydrogen-bond donors (Lipinski definition) is 1. The monoisotopic (exact) mass is 336 g/mol. The van der Waals surface area contributed by atoms with Gasteiger partial charge in [0.05, 0.1) is 5.69 Å². The summed E-state index contributed by atoms with van der Waals surface area (Å²) in [6.07, 6.45) is 7.07. The maximum absolute atomic E-state index is 12.8. The average Bonchev–Trinajstić information content (AvgIpc) is 2.91. The van der Waals surface area contributed by atoms with Crippen molar-refractivity contribution in [1.29, 1.82) is 0 Å². The van der Waals surface area contributed by atoms with Gasteiger partial charge in [-0.25, -0.2) is 4.98 Å². The Balaban J connectivity index is 1.81. The van der Waals surface area contributed by atoms with Crippen molar-refractivity contribution in [3.8, 4) is 0 Å². The Labute approximate surface area is 145 Å². The second kappa shape index (κ2) is 6.36. The molecular weight excluding hydrogens is 316 g/mol. The van der Waals surface area contributed by atoms with E-state index in [0.29, 0.717) is 16.1 Å². The summed E-state index contributed by atoms with van der Waals surface area (Å²) in [6, 6.07) is 11.5. The van der Waals surface area contributed by atoms with Crippen LogP contribution in [0.15, 0.2) is 36.4 Å². The van der Waals surface area contributed by atoms with Crippen LogP contribution in [-0.4, -0.2) is 10.8 Å². The quantitative estimate of drug-likeness (QED) is 0.686. The van der Waals surface area contributed by atoms with Crippen LogP contribution in [0.4, 0.5) is 5.69 Å². The van der Waals surface area contributed by atoms with Crippen molar-refractivity contribution in [3.05, 3.63) is 58.1 Å². The van der Waals surface area contributed by atoms with Gasteiger partial charge in [-0.15, -0.1) is 11.3 Å².